The fourth-order valence-electron chi connectivity index (χ4n) is 3.12. The molecule has 1 saturated heterocycles. The van der Waals surface area contributed by atoms with Gasteiger partial charge in [-0.1, -0.05) is 6.92 Å². The maximum absolute atomic E-state index is 13.0. The molecule has 2 amide bonds. The van der Waals surface area contributed by atoms with E-state index in [1.165, 1.54) is 0 Å². The van der Waals surface area contributed by atoms with Gasteiger partial charge in [-0.25, -0.2) is 0 Å². The highest BCUT2D eigenvalue weighted by atomic mass is 16.5. The van der Waals surface area contributed by atoms with Crippen molar-refractivity contribution in [3.63, 3.8) is 0 Å². The second-order valence-electron chi connectivity index (χ2n) is 6.30. The summed E-state index contributed by atoms with van der Waals surface area (Å²) in [7, 11) is 3.14. The largest absolute Gasteiger partial charge is 0.493 e. The van der Waals surface area contributed by atoms with Crippen molar-refractivity contribution in [2.75, 3.05) is 40.4 Å². The van der Waals surface area contributed by atoms with Gasteiger partial charge in [0.25, 0.3) is 5.91 Å². The molecule has 1 aromatic carbocycles. The fraction of sp³-hybridized carbons (Fsp3) is 0.579. The monoisotopic (exact) mass is 348 g/mol. The zero-order valence-electron chi connectivity index (χ0n) is 15.6. The lowest BCUT2D eigenvalue weighted by molar-refractivity contribution is -0.131. The second-order valence-corrected chi connectivity index (χ2v) is 6.30. The molecule has 1 aliphatic rings. The lowest BCUT2D eigenvalue weighted by atomic mass is 10.1. The highest BCUT2D eigenvalue weighted by Crippen LogP contribution is 2.31. The van der Waals surface area contributed by atoms with E-state index in [0.29, 0.717) is 49.7 Å². The minimum absolute atomic E-state index is 0.0248. The van der Waals surface area contributed by atoms with E-state index < -0.39 is 0 Å². The van der Waals surface area contributed by atoms with Gasteiger partial charge in [0.15, 0.2) is 11.5 Å². The Morgan fingerprint density at radius 1 is 1.00 bits per heavy atom. The average molecular weight is 348 g/mol. The summed E-state index contributed by atoms with van der Waals surface area (Å²) in [6.07, 6.45) is 2.22. The van der Waals surface area contributed by atoms with Crippen LogP contribution < -0.4 is 9.47 Å². The topological polar surface area (TPSA) is 59.1 Å². The normalized spacial score (nSPS) is 14.9. The summed E-state index contributed by atoms with van der Waals surface area (Å²) < 4.78 is 10.6. The summed E-state index contributed by atoms with van der Waals surface area (Å²) in [5.41, 5.74) is 1.47. The van der Waals surface area contributed by atoms with E-state index in [0.717, 1.165) is 18.4 Å². The Morgan fingerprint density at radius 2 is 1.60 bits per heavy atom. The Balaban J connectivity index is 2.14. The van der Waals surface area contributed by atoms with Crippen LogP contribution in [-0.2, 0) is 4.79 Å². The van der Waals surface area contributed by atoms with E-state index in [4.69, 9.17) is 9.47 Å². The molecule has 0 spiro atoms. The number of nitrogens with zero attached hydrogens (tertiary/aromatic N) is 2. The maximum Gasteiger partial charge on any atom is 0.254 e. The van der Waals surface area contributed by atoms with E-state index in [1.807, 2.05) is 29.7 Å². The minimum atomic E-state index is -0.0248. The SMILES string of the molecule is CCCC(=O)N1CCCN(C(=O)c2cc(OC)c(OC)cc2C)CC1. The third-order valence-corrected chi connectivity index (χ3v) is 4.56. The van der Waals surface area contributed by atoms with E-state index >= 15 is 0 Å². The van der Waals surface area contributed by atoms with E-state index in [2.05, 4.69) is 0 Å². The van der Waals surface area contributed by atoms with Crippen LogP contribution in [0.25, 0.3) is 0 Å². The number of rotatable bonds is 5. The number of ether oxygens (including phenoxy) is 2. The number of hydrogen-bond acceptors (Lipinski definition) is 4. The Morgan fingerprint density at radius 3 is 2.24 bits per heavy atom. The highest BCUT2D eigenvalue weighted by Gasteiger charge is 2.24. The Labute approximate surface area is 149 Å². The first-order valence-corrected chi connectivity index (χ1v) is 8.81. The van der Waals surface area contributed by atoms with Crippen molar-refractivity contribution in [3.8, 4) is 11.5 Å². The van der Waals surface area contributed by atoms with E-state index in [-0.39, 0.29) is 11.8 Å². The third kappa shape index (κ3) is 4.44. The summed E-state index contributed by atoms with van der Waals surface area (Å²) in [6.45, 7) is 6.42. The molecule has 0 aromatic heterocycles. The van der Waals surface area contributed by atoms with E-state index in [9.17, 15) is 9.59 Å². The van der Waals surface area contributed by atoms with Crippen molar-refractivity contribution in [3.05, 3.63) is 23.3 Å². The number of aryl methyl sites for hydroxylation is 1. The molecular formula is C19H28N2O4. The number of hydrogen-bond donors (Lipinski definition) is 0. The van der Waals surface area contributed by atoms with Gasteiger partial charge < -0.3 is 19.3 Å². The molecule has 6 heteroatoms. The van der Waals surface area contributed by atoms with Gasteiger partial charge in [-0.2, -0.15) is 0 Å². The van der Waals surface area contributed by atoms with Gasteiger partial charge in [0.2, 0.25) is 5.91 Å². The van der Waals surface area contributed by atoms with Crippen molar-refractivity contribution >= 4 is 11.8 Å². The van der Waals surface area contributed by atoms with Crippen molar-refractivity contribution in [2.24, 2.45) is 0 Å². The predicted octanol–water partition coefficient (Wildman–Crippen LogP) is 2.49. The molecule has 1 heterocycles. The van der Waals surface area contributed by atoms with Crippen LogP contribution in [0, 0.1) is 6.92 Å². The molecule has 6 nitrogen and oxygen atoms in total. The Hall–Kier alpha value is -2.24. The van der Waals surface area contributed by atoms with Gasteiger partial charge in [-0.15, -0.1) is 0 Å². The minimum Gasteiger partial charge on any atom is -0.493 e. The smallest absolute Gasteiger partial charge is 0.254 e. The van der Waals surface area contributed by atoms with Crippen LogP contribution in [0.5, 0.6) is 11.5 Å². The van der Waals surface area contributed by atoms with Crippen LogP contribution >= 0.6 is 0 Å². The van der Waals surface area contributed by atoms with Gasteiger partial charge in [0.1, 0.15) is 0 Å². The lowest BCUT2D eigenvalue weighted by Crippen LogP contribution is -2.37. The first-order valence-electron chi connectivity index (χ1n) is 8.81. The molecule has 2 rings (SSSR count). The molecule has 1 fully saturated rings. The van der Waals surface area contributed by atoms with Gasteiger partial charge in [-0.05, 0) is 37.5 Å². The van der Waals surface area contributed by atoms with Crippen LogP contribution in [0.2, 0.25) is 0 Å². The predicted molar refractivity (Wildman–Crippen MR) is 96.3 cm³/mol. The first-order chi connectivity index (χ1) is 12.0. The van der Waals surface area contributed by atoms with Crippen molar-refractivity contribution in [1.29, 1.82) is 0 Å². The summed E-state index contributed by atoms with van der Waals surface area (Å²) in [5.74, 6) is 1.32. The Kier molecular flexibility index (Phi) is 6.67. The molecule has 0 bridgehead atoms. The Bertz CT molecular complexity index is 630. The highest BCUT2D eigenvalue weighted by molar-refractivity contribution is 5.96. The molecular weight excluding hydrogens is 320 g/mol. The zero-order valence-corrected chi connectivity index (χ0v) is 15.6. The van der Waals surface area contributed by atoms with Crippen molar-refractivity contribution in [2.45, 2.75) is 33.1 Å². The molecule has 0 atom stereocenters. The molecule has 138 valence electrons. The first kappa shape index (κ1) is 19.1. The number of methoxy groups -OCH3 is 2. The quantitative estimate of drug-likeness (QED) is 0.820. The van der Waals surface area contributed by atoms with Crippen molar-refractivity contribution in [1.82, 2.24) is 9.80 Å². The van der Waals surface area contributed by atoms with Crippen LogP contribution in [0.15, 0.2) is 12.1 Å². The number of benzene rings is 1. The van der Waals surface area contributed by atoms with Crippen molar-refractivity contribution < 1.29 is 19.1 Å². The van der Waals surface area contributed by atoms with Crippen LogP contribution in [0.3, 0.4) is 0 Å². The molecule has 1 aromatic rings. The molecule has 0 saturated carbocycles. The molecule has 0 N–H and O–H groups in total. The van der Waals surface area contributed by atoms with Gasteiger partial charge in [0.05, 0.1) is 14.2 Å². The number of amides is 2. The van der Waals surface area contributed by atoms with Crippen LogP contribution in [-0.4, -0.2) is 62.0 Å². The maximum atomic E-state index is 13.0. The molecule has 0 radical (unpaired) electrons. The molecule has 1 aliphatic heterocycles. The lowest BCUT2D eigenvalue weighted by Gasteiger charge is -2.23. The van der Waals surface area contributed by atoms with Crippen LogP contribution in [0.4, 0.5) is 0 Å². The third-order valence-electron chi connectivity index (χ3n) is 4.56. The fourth-order valence-corrected chi connectivity index (χ4v) is 3.12. The van der Waals surface area contributed by atoms with Gasteiger partial charge in [-0.3, -0.25) is 9.59 Å². The summed E-state index contributed by atoms with van der Waals surface area (Å²) >= 11 is 0. The zero-order chi connectivity index (χ0) is 18.4. The van der Waals surface area contributed by atoms with Gasteiger partial charge in [0, 0.05) is 38.2 Å². The number of carbonyl (C=O) groups is 2. The molecule has 0 unspecified atom stereocenters. The summed E-state index contributed by atoms with van der Waals surface area (Å²) in [6, 6.07) is 3.56. The number of carbonyl (C=O) groups excluding carboxylic acids is 2. The summed E-state index contributed by atoms with van der Waals surface area (Å²) in [4.78, 5) is 28.8. The van der Waals surface area contributed by atoms with Gasteiger partial charge >= 0.3 is 0 Å². The summed E-state index contributed by atoms with van der Waals surface area (Å²) in [5, 5.41) is 0. The molecule has 25 heavy (non-hydrogen) atoms. The average Bonchev–Trinajstić information content (AvgIpc) is 2.87. The second kappa shape index (κ2) is 8.74. The molecule has 0 aliphatic carbocycles. The van der Waals surface area contributed by atoms with Crippen LogP contribution in [0.1, 0.15) is 42.1 Å². The van der Waals surface area contributed by atoms with E-state index in [1.54, 1.807) is 20.3 Å². The standard InChI is InChI=1S/C19H28N2O4/c1-5-7-18(22)20-8-6-9-21(11-10-20)19(23)15-13-17(25-4)16(24-3)12-14(15)2/h12-13H,5-11H2,1-4H3.